The van der Waals surface area contributed by atoms with Crippen LogP contribution in [0.3, 0.4) is 0 Å². The molecule has 0 amide bonds. The highest BCUT2D eigenvalue weighted by molar-refractivity contribution is 6.17. The van der Waals surface area contributed by atoms with E-state index in [1.165, 1.54) is 38.5 Å². The summed E-state index contributed by atoms with van der Waals surface area (Å²) in [6, 6.07) is 0. The van der Waals surface area contributed by atoms with Crippen molar-refractivity contribution in [1.29, 1.82) is 0 Å². The van der Waals surface area contributed by atoms with Crippen molar-refractivity contribution in [2.75, 3.05) is 5.88 Å². The number of hydrogen-bond acceptors (Lipinski definition) is 0. The van der Waals surface area contributed by atoms with Gasteiger partial charge in [-0.1, -0.05) is 44.8 Å². The summed E-state index contributed by atoms with van der Waals surface area (Å²) in [5.74, 6) is 7.29. The Hall–Kier alpha value is -0.410. The fourth-order valence-electron chi connectivity index (χ4n) is 1.55. The maximum Gasteiger partial charge on any atom is 0.0223 e. The summed E-state index contributed by atoms with van der Waals surface area (Å²) < 4.78 is 0. The van der Waals surface area contributed by atoms with Crippen LogP contribution in [0.2, 0.25) is 0 Å². The third-order valence-electron chi connectivity index (χ3n) is 2.64. The molecule has 0 heterocycles. The molecule has 0 aromatic carbocycles. The summed E-state index contributed by atoms with van der Waals surface area (Å²) in [7, 11) is 0. The molecule has 0 aliphatic carbocycles. The van der Waals surface area contributed by atoms with Crippen LogP contribution < -0.4 is 0 Å². The van der Waals surface area contributed by atoms with Crippen molar-refractivity contribution in [2.24, 2.45) is 0 Å². The normalized spacial score (nSPS) is 10.5. The van der Waals surface area contributed by atoms with E-state index < -0.39 is 0 Å². The molecule has 17 heavy (non-hydrogen) atoms. The van der Waals surface area contributed by atoms with Crippen molar-refractivity contribution in [3.05, 3.63) is 12.2 Å². The van der Waals surface area contributed by atoms with Crippen LogP contribution in [0, 0.1) is 11.8 Å². The lowest BCUT2D eigenvalue weighted by Crippen LogP contribution is -1.78. The topological polar surface area (TPSA) is 0 Å². The van der Waals surface area contributed by atoms with Crippen molar-refractivity contribution < 1.29 is 0 Å². The molecular formula is C16H27Cl. The third-order valence-corrected chi connectivity index (χ3v) is 2.90. The van der Waals surface area contributed by atoms with E-state index >= 15 is 0 Å². The highest BCUT2D eigenvalue weighted by Gasteiger charge is 1.86. The van der Waals surface area contributed by atoms with E-state index in [1.54, 1.807) is 0 Å². The molecule has 0 saturated heterocycles. The van der Waals surface area contributed by atoms with E-state index in [2.05, 4.69) is 30.9 Å². The maximum absolute atomic E-state index is 5.61. The molecule has 98 valence electrons. The lowest BCUT2D eigenvalue weighted by atomic mass is 10.1. The standard InChI is InChI=1S/C16H27Cl/c1-2-3-4-5-6-7-8-9-10-11-12-13-14-15-16-17/h5-6H,2-4,7-8,11-16H2,1H3. The molecule has 0 aromatic rings. The van der Waals surface area contributed by atoms with Gasteiger partial charge in [-0.25, -0.2) is 0 Å². The summed E-state index contributed by atoms with van der Waals surface area (Å²) in [5.41, 5.74) is 0. The quantitative estimate of drug-likeness (QED) is 0.203. The number of alkyl halides is 1. The fourth-order valence-corrected chi connectivity index (χ4v) is 1.74. The highest BCUT2D eigenvalue weighted by Crippen LogP contribution is 2.03. The average molecular weight is 255 g/mol. The van der Waals surface area contributed by atoms with E-state index in [-0.39, 0.29) is 0 Å². The van der Waals surface area contributed by atoms with Gasteiger partial charge in [0.15, 0.2) is 0 Å². The third kappa shape index (κ3) is 15.6. The molecule has 0 fully saturated rings. The first-order valence-electron chi connectivity index (χ1n) is 7.08. The van der Waals surface area contributed by atoms with Crippen LogP contribution in [0.15, 0.2) is 12.2 Å². The Kier molecular flexibility index (Phi) is 15.2. The largest absolute Gasteiger partial charge is 0.127 e. The molecule has 0 unspecified atom stereocenters. The van der Waals surface area contributed by atoms with Crippen LogP contribution >= 0.6 is 11.6 Å². The molecule has 0 nitrogen and oxygen atoms in total. The second-order valence-corrected chi connectivity index (χ2v) is 4.74. The molecule has 0 atom stereocenters. The van der Waals surface area contributed by atoms with Gasteiger partial charge in [0.1, 0.15) is 0 Å². The van der Waals surface area contributed by atoms with Gasteiger partial charge in [-0.05, 0) is 25.7 Å². The van der Waals surface area contributed by atoms with Gasteiger partial charge in [0.25, 0.3) is 0 Å². The van der Waals surface area contributed by atoms with Crippen molar-refractivity contribution in [3.63, 3.8) is 0 Å². The van der Waals surface area contributed by atoms with Crippen LogP contribution in [0.1, 0.15) is 71.1 Å². The minimum Gasteiger partial charge on any atom is -0.127 e. The molecule has 0 saturated carbocycles. The van der Waals surface area contributed by atoms with Gasteiger partial charge in [0.2, 0.25) is 0 Å². The van der Waals surface area contributed by atoms with Crippen molar-refractivity contribution in [2.45, 2.75) is 71.1 Å². The van der Waals surface area contributed by atoms with Gasteiger partial charge in [0, 0.05) is 18.7 Å². The zero-order valence-electron chi connectivity index (χ0n) is 11.3. The Labute approximate surface area is 113 Å². The smallest absolute Gasteiger partial charge is 0.0223 e. The van der Waals surface area contributed by atoms with Crippen LogP contribution in [0.5, 0.6) is 0 Å². The lowest BCUT2D eigenvalue weighted by molar-refractivity contribution is 0.682. The van der Waals surface area contributed by atoms with Crippen molar-refractivity contribution in [1.82, 2.24) is 0 Å². The Bertz CT molecular complexity index is 219. The zero-order chi connectivity index (χ0) is 12.6. The molecule has 0 radical (unpaired) electrons. The first-order valence-corrected chi connectivity index (χ1v) is 7.62. The van der Waals surface area contributed by atoms with Crippen LogP contribution in [0.4, 0.5) is 0 Å². The van der Waals surface area contributed by atoms with E-state index in [9.17, 15) is 0 Å². The molecule has 0 aliphatic heterocycles. The zero-order valence-corrected chi connectivity index (χ0v) is 12.1. The predicted molar refractivity (Wildman–Crippen MR) is 79.5 cm³/mol. The monoisotopic (exact) mass is 254 g/mol. The summed E-state index contributed by atoms with van der Waals surface area (Å²) in [6.45, 7) is 2.23. The molecule has 0 N–H and O–H groups in total. The highest BCUT2D eigenvalue weighted by atomic mass is 35.5. The molecule has 0 bridgehead atoms. The van der Waals surface area contributed by atoms with Gasteiger partial charge in [0.05, 0.1) is 0 Å². The number of unbranched alkanes of at least 4 members (excludes halogenated alkanes) is 7. The van der Waals surface area contributed by atoms with Gasteiger partial charge in [-0.3, -0.25) is 0 Å². The number of allylic oxidation sites excluding steroid dienone is 2. The molecular weight excluding hydrogens is 228 g/mol. The molecule has 1 heteroatoms. The Balaban J connectivity index is 3.17. The minimum absolute atomic E-state index is 0.802. The van der Waals surface area contributed by atoms with Gasteiger partial charge >= 0.3 is 0 Å². The molecule has 0 spiro atoms. The molecule has 0 rings (SSSR count). The Morgan fingerprint density at radius 3 is 2.29 bits per heavy atom. The summed E-state index contributed by atoms with van der Waals surface area (Å²) in [4.78, 5) is 0. The average Bonchev–Trinajstić information content (AvgIpc) is 2.35. The second kappa shape index (κ2) is 15.6. The molecule has 0 aromatic heterocycles. The Morgan fingerprint density at radius 2 is 1.53 bits per heavy atom. The Morgan fingerprint density at radius 1 is 0.824 bits per heavy atom. The summed E-state index contributed by atoms with van der Waals surface area (Å²) in [5, 5.41) is 0. The van der Waals surface area contributed by atoms with E-state index in [4.69, 9.17) is 11.6 Å². The molecule has 0 aliphatic rings. The summed E-state index contributed by atoms with van der Waals surface area (Å²) in [6.07, 6.45) is 16.5. The summed E-state index contributed by atoms with van der Waals surface area (Å²) >= 11 is 5.61. The minimum atomic E-state index is 0.802. The van der Waals surface area contributed by atoms with Gasteiger partial charge < -0.3 is 0 Å². The second-order valence-electron chi connectivity index (χ2n) is 4.36. The number of rotatable bonds is 10. The fraction of sp³-hybridized carbons (Fsp3) is 0.750. The van der Waals surface area contributed by atoms with Crippen molar-refractivity contribution in [3.8, 4) is 11.8 Å². The predicted octanol–water partition coefficient (Wildman–Crippen LogP) is 5.71. The van der Waals surface area contributed by atoms with E-state index in [0.29, 0.717) is 0 Å². The van der Waals surface area contributed by atoms with Crippen LogP contribution in [-0.2, 0) is 0 Å². The first kappa shape index (κ1) is 16.6. The SMILES string of the molecule is CCCCC=CCCC#CCCCCCCCl. The number of hydrogen-bond donors (Lipinski definition) is 0. The van der Waals surface area contributed by atoms with E-state index in [0.717, 1.165) is 31.6 Å². The van der Waals surface area contributed by atoms with E-state index in [1.807, 2.05) is 0 Å². The van der Waals surface area contributed by atoms with Crippen molar-refractivity contribution >= 4 is 11.6 Å². The van der Waals surface area contributed by atoms with Crippen LogP contribution in [0.25, 0.3) is 0 Å². The lowest BCUT2D eigenvalue weighted by Gasteiger charge is -1.93. The first-order chi connectivity index (χ1) is 8.41. The van der Waals surface area contributed by atoms with Gasteiger partial charge in [-0.15, -0.1) is 23.4 Å². The maximum atomic E-state index is 5.61. The van der Waals surface area contributed by atoms with Gasteiger partial charge in [-0.2, -0.15) is 0 Å². The van der Waals surface area contributed by atoms with Crippen LogP contribution in [-0.4, -0.2) is 5.88 Å². The number of halogens is 1.